The van der Waals surface area contributed by atoms with E-state index in [9.17, 15) is 4.79 Å². The first-order valence-corrected chi connectivity index (χ1v) is 8.87. The first kappa shape index (κ1) is 14.9. The van der Waals surface area contributed by atoms with Gasteiger partial charge in [0, 0.05) is 0 Å². The minimum absolute atomic E-state index is 0.0614. The lowest BCUT2D eigenvalue weighted by atomic mass is 10.2. The molecule has 1 aromatic rings. The lowest BCUT2D eigenvalue weighted by Crippen LogP contribution is -2.40. The standard InChI is InChI=1S/C13H21NO3Si/c1-13(2,3)18(4,5)17-9-10-7-6-8-11(14-10)12(15)16/h6-8H,9H2,1-5H3,(H,15,16). The fourth-order valence-electron chi connectivity index (χ4n) is 1.15. The van der Waals surface area contributed by atoms with Crippen LogP contribution in [-0.4, -0.2) is 24.4 Å². The lowest BCUT2D eigenvalue weighted by Gasteiger charge is -2.36. The lowest BCUT2D eigenvalue weighted by molar-refractivity contribution is 0.0690. The number of aromatic nitrogens is 1. The largest absolute Gasteiger partial charge is 0.477 e. The van der Waals surface area contributed by atoms with Gasteiger partial charge in [-0.25, -0.2) is 9.78 Å². The highest BCUT2D eigenvalue weighted by Gasteiger charge is 2.37. The number of carboxylic acids is 1. The highest BCUT2D eigenvalue weighted by atomic mass is 28.4. The van der Waals surface area contributed by atoms with Crippen LogP contribution in [0.1, 0.15) is 37.0 Å². The molecule has 0 unspecified atom stereocenters. The number of aromatic carboxylic acids is 1. The molecule has 1 rings (SSSR count). The van der Waals surface area contributed by atoms with Gasteiger partial charge in [-0.3, -0.25) is 0 Å². The van der Waals surface area contributed by atoms with Crippen molar-refractivity contribution in [1.29, 1.82) is 0 Å². The Morgan fingerprint density at radius 3 is 2.50 bits per heavy atom. The van der Waals surface area contributed by atoms with E-state index in [2.05, 4.69) is 38.8 Å². The van der Waals surface area contributed by atoms with E-state index in [1.54, 1.807) is 12.1 Å². The molecule has 0 spiro atoms. The highest BCUT2D eigenvalue weighted by molar-refractivity contribution is 6.74. The molecule has 1 heterocycles. The maximum absolute atomic E-state index is 10.8. The summed E-state index contributed by atoms with van der Waals surface area (Å²) in [7, 11) is -1.82. The fraction of sp³-hybridized carbons (Fsp3) is 0.538. The van der Waals surface area contributed by atoms with E-state index in [1.165, 1.54) is 6.07 Å². The second-order valence-electron chi connectivity index (χ2n) is 5.87. The van der Waals surface area contributed by atoms with Gasteiger partial charge in [-0.05, 0) is 30.3 Å². The summed E-state index contributed by atoms with van der Waals surface area (Å²) in [5.41, 5.74) is 0.728. The molecule has 0 fully saturated rings. The molecule has 0 aliphatic heterocycles. The van der Waals surface area contributed by atoms with Crippen molar-refractivity contribution >= 4 is 14.3 Å². The third-order valence-corrected chi connectivity index (χ3v) is 7.89. The number of carbonyl (C=O) groups is 1. The van der Waals surface area contributed by atoms with Crippen molar-refractivity contribution in [2.45, 2.75) is 45.5 Å². The van der Waals surface area contributed by atoms with E-state index in [0.29, 0.717) is 12.3 Å². The van der Waals surface area contributed by atoms with Crippen molar-refractivity contribution < 1.29 is 14.3 Å². The van der Waals surface area contributed by atoms with E-state index >= 15 is 0 Å². The molecule has 5 heteroatoms. The molecular formula is C13H21NO3Si. The van der Waals surface area contributed by atoms with Gasteiger partial charge in [0.15, 0.2) is 8.32 Å². The van der Waals surface area contributed by atoms with E-state index in [4.69, 9.17) is 9.53 Å². The van der Waals surface area contributed by atoms with Crippen LogP contribution in [-0.2, 0) is 11.0 Å². The minimum Gasteiger partial charge on any atom is -0.477 e. The summed E-state index contributed by atoms with van der Waals surface area (Å²) in [5, 5.41) is 9.01. The fourth-order valence-corrected chi connectivity index (χ4v) is 2.09. The van der Waals surface area contributed by atoms with E-state index < -0.39 is 14.3 Å². The Morgan fingerprint density at radius 2 is 2.00 bits per heavy atom. The molecule has 0 saturated carbocycles. The highest BCUT2D eigenvalue weighted by Crippen LogP contribution is 2.36. The molecule has 4 nitrogen and oxygen atoms in total. The van der Waals surface area contributed by atoms with Crippen LogP contribution in [0.15, 0.2) is 18.2 Å². The van der Waals surface area contributed by atoms with Gasteiger partial charge >= 0.3 is 5.97 Å². The molecule has 0 aromatic carbocycles. The van der Waals surface area contributed by atoms with Gasteiger partial charge in [0.2, 0.25) is 0 Å². The molecule has 100 valence electrons. The molecule has 0 amide bonds. The SMILES string of the molecule is CC(C)(C)[Si](C)(C)OCc1cccc(C(=O)O)n1. The van der Waals surface area contributed by atoms with E-state index in [-0.39, 0.29) is 10.7 Å². The summed E-state index contributed by atoms with van der Waals surface area (Å²) in [6.07, 6.45) is 0. The zero-order valence-corrected chi connectivity index (χ0v) is 12.7. The first-order valence-electron chi connectivity index (χ1n) is 5.97. The Balaban J connectivity index is 2.75. The smallest absolute Gasteiger partial charge is 0.354 e. The number of pyridine rings is 1. The van der Waals surface area contributed by atoms with Gasteiger partial charge < -0.3 is 9.53 Å². The Kier molecular flexibility index (Phi) is 4.29. The Labute approximate surface area is 109 Å². The maximum Gasteiger partial charge on any atom is 0.354 e. The van der Waals surface area contributed by atoms with Crippen LogP contribution < -0.4 is 0 Å². The number of nitrogens with zero attached hydrogens (tertiary/aromatic N) is 1. The zero-order valence-electron chi connectivity index (χ0n) is 11.7. The topological polar surface area (TPSA) is 59.4 Å². The predicted octanol–water partition coefficient (Wildman–Crippen LogP) is 3.30. The van der Waals surface area contributed by atoms with E-state index in [1.807, 2.05) is 0 Å². The molecule has 0 saturated heterocycles. The van der Waals surface area contributed by atoms with Crippen molar-refractivity contribution in [3.05, 3.63) is 29.6 Å². The molecule has 0 aliphatic carbocycles. The molecule has 0 bridgehead atoms. The minimum atomic E-state index is -1.82. The predicted molar refractivity (Wildman–Crippen MR) is 73.2 cm³/mol. The average Bonchev–Trinajstić information content (AvgIpc) is 2.25. The summed E-state index contributed by atoms with van der Waals surface area (Å²) in [6.45, 7) is 11.2. The maximum atomic E-state index is 10.8. The van der Waals surface area contributed by atoms with Crippen LogP contribution >= 0.6 is 0 Å². The van der Waals surface area contributed by atoms with Crippen LogP contribution in [0.25, 0.3) is 0 Å². The van der Waals surface area contributed by atoms with Gasteiger partial charge in [-0.2, -0.15) is 0 Å². The third kappa shape index (κ3) is 3.65. The molecule has 0 radical (unpaired) electrons. The van der Waals surface area contributed by atoms with Crippen LogP contribution in [0.4, 0.5) is 0 Å². The number of rotatable bonds is 4. The Bertz CT molecular complexity index is 438. The Morgan fingerprint density at radius 1 is 1.39 bits per heavy atom. The van der Waals surface area contributed by atoms with Gasteiger partial charge in [-0.1, -0.05) is 26.8 Å². The monoisotopic (exact) mass is 267 g/mol. The van der Waals surface area contributed by atoms with Crippen molar-refractivity contribution in [3.8, 4) is 0 Å². The average molecular weight is 267 g/mol. The van der Waals surface area contributed by atoms with Crippen molar-refractivity contribution in [2.75, 3.05) is 0 Å². The molecule has 1 N–H and O–H groups in total. The van der Waals surface area contributed by atoms with Gasteiger partial charge in [0.1, 0.15) is 5.69 Å². The molecule has 18 heavy (non-hydrogen) atoms. The van der Waals surface area contributed by atoms with Gasteiger partial charge in [-0.15, -0.1) is 0 Å². The Hall–Kier alpha value is -1.20. The summed E-state index contributed by atoms with van der Waals surface area (Å²) in [5.74, 6) is -1.01. The van der Waals surface area contributed by atoms with Crippen LogP contribution in [0.2, 0.25) is 18.1 Å². The number of hydrogen-bond donors (Lipinski definition) is 1. The van der Waals surface area contributed by atoms with E-state index in [0.717, 1.165) is 0 Å². The quantitative estimate of drug-likeness (QED) is 0.850. The third-order valence-electron chi connectivity index (χ3n) is 3.41. The summed E-state index contributed by atoms with van der Waals surface area (Å²) in [6, 6.07) is 4.97. The second kappa shape index (κ2) is 5.20. The molecular weight excluding hydrogens is 246 g/mol. The summed E-state index contributed by atoms with van der Waals surface area (Å²) >= 11 is 0. The van der Waals surface area contributed by atoms with Gasteiger partial charge in [0.05, 0.1) is 12.3 Å². The zero-order chi connectivity index (χ0) is 14.0. The van der Waals surface area contributed by atoms with Crippen molar-refractivity contribution in [1.82, 2.24) is 4.98 Å². The number of hydrogen-bond acceptors (Lipinski definition) is 3. The molecule has 1 aromatic heterocycles. The number of carboxylic acid groups (broad SMARTS) is 1. The van der Waals surface area contributed by atoms with Crippen LogP contribution in [0.3, 0.4) is 0 Å². The van der Waals surface area contributed by atoms with Crippen LogP contribution in [0, 0.1) is 0 Å². The van der Waals surface area contributed by atoms with Crippen molar-refractivity contribution in [2.24, 2.45) is 0 Å². The van der Waals surface area contributed by atoms with Gasteiger partial charge in [0.25, 0.3) is 0 Å². The first-order chi connectivity index (χ1) is 8.13. The molecule has 0 atom stereocenters. The molecule has 0 aliphatic rings. The van der Waals surface area contributed by atoms with Crippen LogP contribution in [0.5, 0.6) is 0 Å². The normalized spacial score (nSPS) is 12.5. The second-order valence-corrected chi connectivity index (χ2v) is 10.7. The summed E-state index contributed by atoms with van der Waals surface area (Å²) in [4.78, 5) is 14.9. The summed E-state index contributed by atoms with van der Waals surface area (Å²) < 4.78 is 6.00. The van der Waals surface area contributed by atoms with Crippen molar-refractivity contribution in [3.63, 3.8) is 0 Å².